The average molecular weight is 209 g/mol. The van der Waals surface area contributed by atoms with Gasteiger partial charge in [-0.3, -0.25) is 4.90 Å². The van der Waals surface area contributed by atoms with Crippen LogP contribution >= 0.6 is 0 Å². The van der Waals surface area contributed by atoms with Crippen molar-refractivity contribution in [1.82, 2.24) is 10.2 Å². The summed E-state index contributed by atoms with van der Waals surface area (Å²) in [6.07, 6.45) is 2.60. The fraction of sp³-hybridized carbons (Fsp3) is 0.917. The molecule has 0 saturated carbocycles. The maximum absolute atomic E-state index is 9.00. The standard InChI is InChI=1S/C12H23N3/c1-4-14-12(7-13)9-15-8-10(2)5-6-11(15)3/h10-12,14H,4-6,8-9H2,1-3H3. The van der Waals surface area contributed by atoms with E-state index < -0.39 is 0 Å². The second-order valence-electron chi connectivity index (χ2n) is 4.72. The number of likely N-dealkylation sites (tertiary alicyclic amines) is 1. The Morgan fingerprint density at radius 1 is 1.47 bits per heavy atom. The third-order valence-corrected chi connectivity index (χ3v) is 3.27. The number of piperidine rings is 1. The average Bonchev–Trinajstić information content (AvgIpc) is 2.22. The number of nitrogens with zero attached hydrogens (tertiary/aromatic N) is 2. The largest absolute Gasteiger partial charge is 0.301 e. The van der Waals surface area contributed by atoms with Gasteiger partial charge in [-0.2, -0.15) is 5.26 Å². The van der Waals surface area contributed by atoms with E-state index in [0.29, 0.717) is 6.04 Å². The van der Waals surface area contributed by atoms with Crippen LogP contribution in [0.5, 0.6) is 0 Å². The van der Waals surface area contributed by atoms with Crippen LogP contribution in [0.25, 0.3) is 0 Å². The van der Waals surface area contributed by atoms with E-state index in [4.69, 9.17) is 5.26 Å². The second-order valence-corrected chi connectivity index (χ2v) is 4.72. The quantitative estimate of drug-likeness (QED) is 0.764. The van der Waals surface area contributed by atoms with Crippen LogP contribution in [0.4, 0.5) is 0 Å². The third-order valence-electron chi connectivity index (χ3n) is 3.27. The second kappa shape index (κ2) is 6.09. The molecule has 3 heteroatoms. The van der Waals surface area contributed by atoms with Crippen LogP contribution < -0.4 is 5.32 Å². The Hall–Kier alpha value is -0.590. The molecule has 1 heterocycles. The molecule has 0 aliphatic carbocycles. The number of rotatable bonds is 4. The number of nitriles is 1. The van der Waals surface area contributed by atoms with Crippen molar-refractivity contribution in [3.8, 4) is 6.07 Å². The summed E-state index contributed by atoms with van der Waals surface area (Å²) in [6, 6.07) is 2.96. The maximum atomic E-state index is 9.00. The van der Waals surface area contributed by atoms with E-state index in [2.05, 4.69) is 30.1 Å². The zero-order chi connectivity index (χ0) is 11.3. The smallest absolute Gasteiger partial charge is 0.108 e. The monoisotopic (exact) mass is 209 g/mol. The SMILES string of the molecule is CCNC(C#N)CN1CC(C)CCC1C. The molecule has 0 spiro atoms. The summed E-state index contributed by atoms with van der Waals surface area (Å²) in [7, 11) is 0. The van der Waals surface area contributed by atoms with Crippen LogP contribution in [-0.2, 0) is 0 Å². The molecule has 1 aliphatic rings. The highest BCUT2D eigenvalue weighted by molar-refractivity contribution is 4.93. The van der Waals surface area contributed by atoms with Gasteiger partial charge in [-0.1, -0.05) is 13.8 Å². The molecule has 0 amide bonds. The van der Waals surface area contributed by atoms with Gasteiger partial charge in [0.1, 0.15) is 6.04 Å². The van der Waals surface area contributed by atoms with Gasteiger partial charge in [0, 0.05) is 19.1 Å². The fourth-order valence-corrected chi connectivity index (χ4v) is 2.27. The molecule has 1 saturated heterocycles. The van der Waals surface area contributed by atoms with Crippen LogP contribution in [0.1, 0.15) is 33.6 Å². The van der Waals surface area contributed by atoms with Gasteiger partial charge in [0.15, 0.2) is 0 Å². The number of likely N-dealkylation sites (N-methyl/N-ethyl adjacent to an activating group) is 1. The molecule has 1 N–H and O–H groups in total. The van der Waals surface area contributed by atoms with Crippen molar-refractivity contribution < 1.29 is 0 Å². The fourth-order valence-electron chi connectivity index (χ4n) is 2.27. The van der Waals surface area contributed by atoms with Gasteiger partial charge in [0.2, 0.25) is 0 Å². The molecule has 0 aromatic carbocycles. The van der Waals surface area contributed by atoms with Crippen molar-refractivity contribution in [1.29, 1.82) is 5.26 Å². The lowest BCUT2D eigenvalue weighted by Gasteiger charge is -2.37. The Balaban J connectivity index is 2.44. The zero-order valence-electron chi connectivity index (χ0n) is 10.2. The summed E-state index contributed by atoms with van der Waals surface area (Å²) in [5, 5.41) is 12.2. The Bertz CT molecular complexity index is 221. The first-order chi connectivity index (χ1) is 7.17. The van der Waals surface area contributed by atoms with E-state index in [1.807, 2.05) is 6.92 Å². The topological polar surface area (TPSA) is 39.1 Å². The van der Waals surface area contributed by atoms with Crippen LogP contribution in [0.2, 0.25) is 0 Å². The molecular weight excluding hydrogens is 186 g/mol. The van der Waals surface area contributed by atoms with E-state index in [9.17, 15) is 0 Å². The van der Waals surface area contributed by atoms with Crippen molar-refractivity contribution in [3.05, 3.63) is 0 Å². The number of hydrogen-bond donors (Lipinski definition) is 1. The predicted octanol–water partition coefficient (Wildman–Crippen LogP) is 1.61. The lowest BCUT2D eigenvalue weighted by Crippen LogP contribution is -2.48. The van der Waals surface area contributed by atoms with E-state index in [0.717, 1.165) is 25.6 Å². The molecule has 3 unspecified atom stereocenters. The summed E-state index contributed by atoms with van der Waals surface area (Å²) >= 11 is 0. The van der Waals surface area contributed by atoms with E-state index in [-0.39, 0.29) is 6.04 Å². The predicted molar refractivity (Wildman–Crippen MR) is 62.5 cm³/mol. The van der Waals surface area contributed by atoms with Gasteiger partial charge in [0.25, 0.3) is 0 Å². The highest BCUT2D eigenvalue weighted by Crippen LogP contribution is 2.21. The molecule has 1 rings (SSSR count). The number of hydrogen-bond acceptors (Lipinski definition) is 3. The first kappa shape index (κ1) is 12.5. The molecule has 3 nitrogen and oxygen atoms in total. The van der Waals surface area contributed by atoms with E-state index in [1.165, 1.54) is 12.8 Å². The lowest BCUT2D eigenvalue weighted by molar-refractivity contribution is 0.119. The van der Waals surface area contributed by atoms with Crippen LogP contribution in [-0.4, -0.2) is 36.6 Å². The van der Waals surface area contributed by atoms with Gasteiger partial charge in [-0.15, -0.1) is 0 Å². The first-order valence-corrected chi connectivity index (χ1v) is 6.04. The normalized spacial score (nSPS) is 29.7. The van der Waals surface area contributed by atoms with Gasteiger partial charge in [0.05, 0.1) is 6.07 Å². The molecule has 0 bridgehead atoms. The first-order valence-electron chi connectivity index (χ1n) is 6.04. The van der Waals surface area contributed by atoms with Gasteiger partial charge < -0.3 is 5.32 Å². The summed E-state index contributed by atoms with van der Waals surface area (Å²) in [5.74, 6) is 0.780. The molecule has 3 atom stereocenters. The minimum Gasteiger partial charge on any atom is -0.301 e. The minimum atomic E-state index is -0.0113. The molecule has 1 fully saturated rings. The molecular formula is C12H23N3. The van der Waals surface area contributed by atoms with Crippen molar-refractivity contribution in [2.24, 2.45) is 5.92 Å². The number of nitrogens with one attached hydrogen (secondary N) is 1. The summed E-state index contributed by atoms with van der Waals surface area (Å²) in [5.41, 5.74) is 0. The van der Waals surface area contributed by atoms with Gasteiger partial charge in [-0.05, 0) is 32.2 Å². The van der Waals surface area contributed by atoms with Crippen molar-refractivity contribution >= 4 is 0 Å². The lowest BCUT2D eigenvalue weighted by atomic mass is 9.94. The zero-order valence-corrected chi connectivity index (χ0v) is 10.2. The molecule has 1 aliphatic heterocycles. The summed E-state index contributed by atoms with van der Waals surface area (Å²) < 4.78 is 0. The highest BCUT2D eigenvalue weighted by Gasteiger charge is 2.24. The molecule has 0 aromatic rings. The molecule has 0 radical (unpaired) electrons. The molecule has 86 valence electrons. The van der Waals surface area contributed by atoms with Crippen molar-refractivity contribution in [3.63, 3.8) is 0 Å². The Kier molecular flexibility index (Phi) is 5.07. The van der Waals surface area contributed by atoms with Crippen LogP contribution in [0.15, 0.2) is 0 Å². The summed E-state index contributed by atoms with van der Waals surface area (Å²) in [6.45, 7) is 9.50. The van der Waals surface area contributed by atoms with Gasteiger partial charge in [-0.25, -0.2) is 0 Å². The Morgan fingerprint density at radius 2 is 2.20 bits per heavy atom. The molecule has 15 heavy (non-hydrogen) atoms. The van der Waals surface area contributed by atoms with E-state index >= 15 is 0 Å². The Morgan fingerprint density at radius 3 is 2.80 bits per heavy atom. The van der Waals surface area contributed by atoms with E-state index in [1.54, 1.807) is 0 Å². The summed E-state index contributed by atoms with van der Waals surface area (Å²) in [4.78, 5) is 2.45. The highest BCUT2D eigenvalue weighted by atomic mass is 15.2. The molecule has 0 aromatic heterocycles. The van der Waals surface area contributed by atoms with Crippen LogP contribution in [0.3, 0.4) is 0 Å². The van der Waals surface area contributed by atoms with Crippen molar-refractivity contribution in [2.75, 3.05) is 19.6 Å². The van der Waals surface area contributed by atoms with Gasteiger partial charge >= 0.3 is 0 Å². The third kappa shape index (κ3) is 3.81. The van der Waals surface area contributed by atoms with Crippen molar-refractivity contribution in [2.45, 2.75) is 45.7 Å². The Labute approximate surface area is 93.5 Å². The van der Waals surface area contributed by atoms with Crippen LogP contribution in [0, 0.1) is 17.2 Å². The minimum absolute atomic E-state index is 0.0113. The maximum Gasteiger partial charge on any atom is 0.108 e.